The molecule has 0 bridgehead atoms. The van der Waals surface area contributed by atoms with E-state index >= 15 is 0 Å². The van der Waals surface area contributed by atoms with Crippen LogP contribution in [0.4, 0.5) is 0 Å². The third-order valence-corrected chi connectivity index (χ3v) is 3.28. The van der Waals surface area contributed by atoms with Crippen LogP contribution in [0.3, 0.4) is 0 Å². The minimum Gasteiger partial charge on any atom is -0.338 e. The van der Waals surface area contributed by atoms with E-state index in [0.29, 0.717) is 19.0 Å². The lowest BCUT2D eigenvalue weighted by atomic mass is 10.2. The van der Waals surface area contributed by atoms with Crippen molar-refractivity contribution in [3.05, 3.63) is 12.7 Å². The first-order valence-electron chi connectivity index (χ1n) is 6.64. The maximum atomic E-state index is 12.3. The Kier molecular flexibility index (Phi) is 6.80. The zero-order valence-corrected chi connectivity index (χ0v) is 12.1. The molecule has 0 radical (unpaired) electrons. The summed E-state index contributed by atoms with van der Waals surface area (Å²) in [6.45, 7) is 5.51. The molecule has 1 unspecified atom stereocenters. The Hall–Kier alpha value is -1.14. The topological polar surface area (TPSA) is 63.1 Å². The molecule has 1 aliphatic heterocycles. The number of amides is 1. The van der Waals surface area contributed by atoms with Crippen molar-refractivity contribution in [2.75, 3.05) is 19.6 Å². The lowest BCUT2D eigenvalue weighted by Crippen LogP contribution is -2.42. The van der Waals surface area contributed by atoms with Crippen molar-refractivity contribution >= 4 is 18.3 Å². The van der Waals surface area contributed by atoms with Gasteiger partial charge in [-0.2, -0.15) is 5.10 Å². The van der Waals surface area contributed by atoms with Gasteiger partial charge in [-0.05, 0) is 19.4 Å². The average Bonchev–Trinajstić information content (AvgIpc) is 3.05. The predicted molar refractivity (Wildman–Crippen MR) is 75.2 cm³/mol. The van der Waals surface area contributed by atoms with Crippen LogP contribution in [-0.2, 0) is 11.3 Å². The van der Waals surface area contributed by atoms with Gasteiger partial charge in [-0.3, -0.25) is 9.48 Å². The number of nitrogens with one attached hydrogen (secondary N) is 1. The van der Waals surface area contributed by atoms with Gasteiger partial charge in [0.15, 0.2) is 0 Å². The molecule has 0 saturated carbocycles. The molecule has 19 heavy (non-hydrogen) atoms. The molecule has 1 aliphatic rings. The second-order valence-corrected chi connectivity index (χ2v) is 4.64. The monoisotopic (exact) mass is 287 g/mol. The zero-order valence-electron chi connectivity index (χ0n) is 11.3. The lowest BCUT2D eigenvalue weighted by Gasteiger charge is -2.28. The summed E-state index contributed by atoms with van der Waals surface area (Å²) in [7, 11) is 0. The molecule has 1 aromatic heterocycles. The molecule has 1 atom stereocenters. The molecule has 2 rings (SSSR count). The van der Waals surface area contributed by atoms with E-state index in [-0.39, 0.29) is 18.3 Å². The van der Waals surface area contributed by atoms with Crippen molar-refractivity contribution in [2.24, 2.45) is 0 Å². The molecule has 1 amide bonds. The maximum absolute atomic E-state index is 12.3. The number of aromatic nitrogens is 3. The van der Waals surface area contributed by atoms with E-state index in [9.17, 15) is 4.79 Å². The SMILES string of the molecule is CCCN(C(=O)CCn1cncn1)C1CCNC1.Cl. The highest BCUT2D eigenvalue weighted by atomic mass is 35.5. The van der Waals surface area contributed by atoms with Gasteiger partial charge in [-0.1, -0.05) is 6.92 Å². The van der Waals surface area contributed by atoms with Crippen molar-refractivity contribution in [1.29, 1.82) is 0 Å². The zero-order chi connectivity index (χ0) is 12.8. The summed E-state index contributed by atoms with van der Waals surface area (Å²) in [4.78, 5) is 18.2. The molecule has 1 N–H and O–H groups in total. The Labute approximate surface area is 120 Å². The van der Waals surface area contributed by atoms with Crippen molar-refractivity contribution in [1.82, 2.24) is 25.0 Å². The van der Waals surface area contributed by atoms with Crippen LogP contribution in [0.15, 0.2) is 12.7 Å². The summed E-state index contributed by atoms with van der Waals surface area (Å²) in [5.74, 6) is 0.223. The summed E-state index contributed by atoms with van der Waals surface area (Å²) in [5.41, 5.74) is 0. The minimum atomic E-state index is 0. The molecule has 0 aliphatic carbocycles. The van der Waals surface area contributed by atoms with E-state index in [4.69, 9.17) is 0 Å². The van der Waals surface area contributed by atoms with Crippen LogP contribution in [0.2, 0.25) is 0 Å². The Bertz CT molecular complexity index is 364. The molecule has 1 saturated heterocycles. The Morgan fingerprint density at radius 1 is 1.58 bits per heavy atom. The highest BCUT2D eigenvalue weighted by Crippen LogP contribution is 2.11. The molecular weight excluding hydrogens is 266 g/mol. The van der Waals surface area contributed by atoms with Gasteiger partial charge < -0.3 is 10.2 Å². The van der Waals surface area contributed by atoms with Gasteiger partial charge in [0.2, 0.25) is 5.91 Å². The largest absolute Gasteiger partial charge is 0.338 e. The van der Waals surface area contributed by atoms with E-state index in [0.717, 1.165) is 32.5 Å². The Morgan fingerprint density at radius 3 is 3.00 bits per heavy atom. The first-order chi connectivity index (χ1) is 8.81. The first-order valence-corrected chi connectivity index (χ1v) is 6.64. The van der Waals surface area contributed by atoms with Crippen LogP contribution in [0, 0.1) is 0 Å². The number of rotatable bonds is 6. The van der Waals surface area contributed by atoms with Gasteiger partial charge in [0.1, 0.15) is 12.7 Å². The van der Waals surface area contributed by atoms with Crippen LogP contribution in [-0.4, -0.2) is 51.2 Å². The number of aryl methyl sites for hydroxylation is 1. The summed E-state index contributed by atoms with van der Waals surface area (Å²) in [6.07, 6.45) is 5.71. The van der Waals surface area contributed by atoms with Crippen LogP contribution in [0.25, 0.3) is 0 Å². The first kappa shape index (κ1) is 15.9. The lowest BCUT2D eigenvalue weighted by molar-refractivity contribution is -0.133. The van der Waals surface area contributed by atoms with E-state index in [1.807, 2.05) is 4.90 Å². The molecule has 7 heteroatoms. The summed E-state index contributed by atoms with van der Waals surface area (Å²) in [6, 6.07) is 0.369. The molecule has 0 aromatic carbocycles. The molecule has 6 nitrogen and oxygen atoms in total. The molecule has 108 valence electrons. The number of hydrogen-bond donors (Lipinski definition) is 1. The molecule has 1 fully saturated rings. The molecule has 0 spiro atoms. The molecular formula is C12H22ClN5O. The number of hydrogen-bond acceptors (Lipinski definition) is 4. The number of nitrogens with zero attached hydrogens (tertiary/aromatic N) is 4. The van der Waals surface area contributed by atoms with E-state index in [1.165, 1.54) is 6.33 Å². The minimum absolute atomic E-state index is 0. The van der Waals surface area contributed by atoms with Crippen LogP contribution < -0.4 is 5.32 Å². The van der Waals surface area contributed by atoms with Crippen molar-refractivity contribution < 1.29 is 4.79 Å². The average molecular weight is 288 g/mol. The second-order valence-electron chi connectivity index (χ2n) is 4.64. The van der Waals surface area contributed by atoms with Gasteiger partial charge in [-0.25, -0.2) is 4.98 Å². The van der Waals surface area contributed by atoms with E-state index < -0.39 is 0 Å². The smallest absolute Gasteiger partial charge is 0.224 e. The van der Waals surface area contributed by atoms with Gasteiger partial charge >= 0.3 is 0 Å². The fourth-order valence-corrected chi connectivity index (χ4v) is 2.36. The highest BCUT2D eigenvalue weighted by Gasteiger charge is 2.25. The second kappa shape index (κ2) is 8.12. The third kappa shape index (κ3) is 4.47. The maximum Gasteiger partial charge on any atom is 0.224 e. The Balaban J connectivity index is 0.00000180. The van der Waals surface area contributed by atoms with E-state index in [1.54, 1.807) is 11.0 Å². The number of carbonyl (C=O) groups excluding carboxylic acids is 1. The fourth-order valence-electron chi connectivity index (χ4n) is 2.36. The quantitative estimate of drug-likeness (QED) is 0.836. The van der Waals surface area contributed by atoms with Crippen molar-refractivity contribution in [2.45, 2.75) is 38.8 Å². The third-order valence-electron chi connectivity index (χ3n) is 3.28. The van der Waals surface area contributed by atoms with Gasteiger partial charge in [0.05, 0.1) is 6.54 Å². The highest BCUT2D eigenvalue weighted by molar-refractivity contribution is 5.85. The summed E-state index contributed by atoms with van der Waals surface area (Å²) < 4.78 is 1.70. The van der Waals surface area contributed by atoms with Crippen molar-refractivity contribution in [3.63, 3.8) is 0 Å². The summed E-state index contributed by atoms with van der Waals surface area (Å²) in [5, 5.41) is 7.33. The standard InChI is InChI=1S/C12H21N5O.ClH/c1-2-6-17(11-3-5-13-8-11)12(18)4-7-16-10-14-9-15-16;/h9-11,13H,2-8H2,1H3;1H. The van der Waals surface area contributed by atoms with Crippen LogP contribution >= 0.6 is 12.4 Å². The van der Waals surface area contributed by atoms with Gasteiger partial charge in [-0.15, -0.1) is 12.4 Å². The van der Waals surface area contributed by atoms with Crippen LogP contribution in [0.1, 0.15) is 26.2 Å². The number of halogens is 1. The molecule has 1 aromatic rings. The van der Waals surface area contributed by atoms with Crippen LogP contribution in [0.5, 0.6) is 0 Å². The van der Waals surface area contributed by atoms with Gasteiger partial charge in [0.25, 0.3) is 0 Å². The summed E-state index contributed by atoms with van der Waals surface area (Å²) >= 11 is 0. The van der Waals surface area contributed by atoms with Crippen molar-refractivity contribution in [3.8, 4) is 0 Å². The fraction of sp³-hybridized carbons (Fsp3) is 0.750. The normalized spacial score (nSPS) is 18.1. The van der Waals surface area contributed by atoms with Gasteiger partial charge in [0, 0.05) is 25.6 Å². The number of carbonyl (C=O) groups is 1. The Morgan fingerprint density at radius 2 is 2.42 bits per heavy atom. The predicted octanol–water partition coefficient (Wildman–Crippen LogP) is 0.690. The molecule has 2 heterocycles. The van der Waals surface area contributed by atoms with E-state index in [2.05, 4.69) is 22.3 Å².